The highest BCUT2D eigenvalue weighted by Crippen LogP contribution is 2.25. The molecule has 5 nitrogen and oxygen atoms in total. The maximum atomic E-state index is 12.7. The lowest BCUT2D eigenvalue weighted by Crippen LogP contribution is -2.50. The zero-order valence-corrected chi connectivity index (χ0v) is 16.4. The SMILES string of the molecule is CCCN(C)C(=O)C1CCCN(C2CCN(Cc3ccncc3)CC2)C1. The highest BCUT2D eigenvalue weighted by atomic mass is 16.2. The Balaban J connectivity index is 1.47. The topological polar surface area (TPSA) is 39.7 Å². The standard InChI is InChI=1S/C21H34N4O/c1-3-12-23(2)21(26)19-5-4-13-25(17-19)20-8-14-24(15-9-20)16-18-6-10-22-11-7-18/h6-7,10-11,19-20H,3-5,8-9,12-17H2,1-2H3. The zero-order valence-electron chi connectivity index (χ0n) is 16.4. The summed E-state index contributed by atoms with van der Waals surface area (Å²) in [5.74, 6) is 0.557. The van der Waals surface area contributed by atoms with Gasteiger partial charge in [0.1, 0.15) is 0 Å². The molecule has 0 N–H and O–H groups in total. The van der Waals surface area contributed by atoms with Gasteiger partial charge in [-0.1, -0.05) is 6.92 Å². The number of pyridine rings is 1. The van der Waals surface area contributed by atoms with Gasteiger partial charge in [0, 0.05) is 45.1 Å². The first-order valence-electron chi connectivity index (χ1n) is 10.3. The molecule has 1 aromatic rings. The van der Waals surface area contributed by atoms with Crippen molar-refractivity contribution in [3.8, 4) is 0 Å². The molecule has 1 amide bonds. The molecule has 0 aromatic carbocycles. The predicted octanol–water partition coefficient (Wildman–Crippen LogP) is 2.63. The molecular formula is C21H34N4O. The van der Waals surface area contributed by atoms with Crippen LogP contribution in [0.15, 0.2) is 24.5 Å². The molecule has 0 spiro atoms. The van der Waals surface area contributed by atoms with Crippen LogP contribution in [0.4, 0.5) is 0 Å². The average Bonchev–Trinajstić information content (AvgIpc) is 2.69. The molecule has 0 aliphatic carbocycles. The first-order chi connectivity index (χ1) is 12.7. The summed E-state index contributed by atoms with van der Waals surface area (Å²) in [4.78, 5) is 23.9. The van der Waals surface area contributed by atoms with E-state index in [1.165, 1.54) is 18.4 Å². The smallest absolute Gasteiger partial charge is 0.226 e. The maximum absolute atomic E-state index is 12.7. The third-order valence-electron chi connectivity index (χ3n) is 5.97. The molecular weight excluding hydrogens is 324 g/mol. The van der Waals surface area contributed by atoms with Crippen molar-refractivity contribution < 1.29 is 4.79 Å². The van der Waals surface area contributed by atoms with Crippen LogP contribution in [0.5, 0.6) is 0 Å². The van der Waals surface area contributed by atoms with Gasteiger partial charge in [-0.15, -0.1) is 0 Å². The Bertz CT molecular complexity index is 556. The Labute approximate surface area is 158 Å². The van der Waals surface area contributed by atoms with E-state index in [0.717, 1.165) is 58.5 Å². The minimum atomic E-state index is 0.204. The number of rotatable bonds is 6. The van der Waals surface area contributed by atoms with Crippen molar-refractivity contribution in [2.24, 2.45) is 5.92 Å². The molecule has 0 radical (unpaired) electrons. The number of piperidine rings is 2. The van der Waals surface area contributed by atoms with Crippen molar-refractivity contribution in [2.75, 3.05) is 39.8 Å². The van der Waals surface area contributed by atoms with E-state index in [-0.39, 0.29) is 5.92 Å². The summed E-state index contributed by atoms with van der Waals surface area (Å²) in [7, 11) is 1.96. The van der Waals surface area contributed by atoms with E-state index in [4.69, 9.17) is 0 Å². The monoisotopic (exact) mass is 358 g/mol. The minimum absolute atomic E-state index is 0.204. The van der Waals surface area contributed by atoms with Crippen LogP contribution in [-0.4, -0.2) is 71.4 Å². The van der Waals surface area contributed by atoms with Gasteiger partial charge in [0.15, 0.2) is 0 Å². The first-order valence-corrected chi connectivity index (χ1v) is 10.3. The van der Waals surface area contributed by atoms with Crippen LogP contribution >= 0.6 is 0 Å². The predicted molar refractivity (Wildman–Crippen MR) is 105 cm³/mol. The largest absolute Gasteiger partial charge is 0.345 e. The molecule has 1 unspecified atom stereocenters. The summed E-state index contributed by atoms with van der Waals surface area (Å²) < 4.78 is 0. The number of carbonyl (C=O) groups excluding carboxylic acids is 1. The Morgan fingerprint density at radius 1 is 1.19 bits per heavy atom. The van der Waals surface area contributed by atoms with E-state index in [1.807, 2.05) is 24.3 Å². The van der Waals surface area contributed by atoms with Crippen molar-refractivity contribution in [3.05, 3.63) is 30.1 Å². The zero-order chi connectivity index (χ0) is 18.4. The van der Waals surface area contributed by atoms with Crippen LogP contribution in [0.3, 0.4) is 0 Å². The number of amides is 1. The van der Waals surface area contributed by atoms with Crippen molar-refractivity contribution >= 4 is 5.91 Å². The van der Waals surface area contributed by atoms with Gasteiger partial charge < -0.3 is 4.90 Å². The molecule has 0 saturated carbocycles. The summed E-state index contributed by atoms with van der Waals surface area (Å²) in [6.45, 7) is 8.46. The highest BCUT2D eigenvalue weighted by Gasteiger charge is 2.32. The van der Waals surface area contributed by atoms with Gasteiger partial charge in [-0.3, -0.25) is 19.6 Å². The molecule has 0 bridgehead atoms. The minimum Gasteiger partial charge on any atom is -0.345 e. The van der Waals surface area contributed by atoms with Crippen LogP contribution in [0.1, 0.15) is 44.6 Å². The lowest BCUT2D eigenvalue weighted by molar-refractivity contribution is -0.136. The number of hydrogen-bond acceptors (Lipinski definition) is 4. The summed E-state index contributed by atoms with van der Waals surface area (Å²) in [5.41, 5.74) is 1.35. The number of nitrogens with zero attached hydrogens (tertiary/aromatic N) is 4. The fourth-order valence-corrected chi connectivity index (χ4v) is 4.49. The van der Waals surface area contributed by atoms with Gasteiger partial charge >= 0.3 is 0 Å². The van der Waals surface area contributed by atoms with E-state index in [0.29, 0.717) is 11.9 Å². The van der Waals surface area contributed by atoms with E-state index >= 15 is 0 Å². The van der Waals surface area contributed by atoms with E-state index in [2.05, 4.69) is 33.8 Å². The van der Waals surface area contributed by atoms with Crippen LogP contribution in [0.2, 0.25) is 0 Å². The number of likely N-dealkylation sites (tertiary alicyclic amines) is 2. The summed E-state index contributed by atoms with van der Waals surface area (Å²) >= 11 is 0. The van der Waals surface area contributed by atoms with Crippen LogP contribution in [0.25, 0.3) is 0 Å². The summed E-state index contributed by atoms with van der Waals surface area (Å²) in [6.07, 6.45) is 9.45. The molecule has 2 fully saturated rings. The molecule has 1 aromatic heterocycles. The number of carbonyl (C=O) groups is 1. The average molecular weight is 359 g/mol. The van der Waals surface area contributed by atoms with Crippen molar-refractivity contribution in [1.29, 1.82) is 0 Å². The van der Waals surface area contributed by atoms with Crippen molar-refractivity contribution in [1.82, 2.24) is 19.7 Å². The molecule has 2 saturated heterocycles. The van der Waals surface area contributed by atoms with E-state index in [9.17, 15) is 4.79 Å². The Morgan fingerprint density at radius 3 is 2.62 bits per heavy atom. The molecule has 3 heterocycles. The fourth-order valence-electron chi connectivity index (χ4n) is 4.49. The van der Waals surface area contributed by atoms with Gasteiger partial charge in [0.2, 0.25) is 5.91 Å². The lowest BCUT2D eigenvalue weighted by atomic mass is 9.93. The molecule has 2 aliphatic rings. The van der Waals surface area contributed by atoms with Crippen LogP contribution in [0, 0.1) is 5.92 Å². The number of aromatic nitrogens is 1. The van der Waals surface area contributed by atoms with Gasteiger partial charge in [0.05, 0.1) is 5.92 Å². The van der Waals surface area contributed by atoms with Crippen LogP contribution < -0.4 is 0 Å². The maximum Gasteiger partial charge on any atom is 0.226 e. The van der Waals surface area contributed by atoms with Gasteiger partial charge in [0.25, 0.3) is 0 Å². The summed E-state index contributed by atoms with van der Waals surface area (Å²) in [5, 5.41) is 0. The first kappa shape index (κ1) is 19.3. The number of hydrogen-bond donors (Lipinski definition) is 0. The molecule has 1 atom stereocenters. The third kappa shape index (κ3) is 5.04. The van der Waals surface area contributed by atoms with E-state index < -0.39 is 0 Å². The molecule has 3 rings (SSSR count). The van der Waals surface area contributed by atoms with Gasteiger partial charge in [-0.25, -0.2) is 0 Å². The fraction of sp³-hybridized carbons (Fsp3) is 0.714. The van der Waals surface area contributed by atoms with Crippen molar-refractivity contribution in [3.63, 3.8) is 0 Å². The quantitative estimate of drug-likeness (QED) is 0.784. The summed E-state index contributed by atoms with van der Waals surface area (Å²) in [6, 6.07) is 4.87. The second kappa shape index (κ2) is 9.47. The molecule has 2 aliphatic heterocycles. The molecule has 5 heteroatoms. The van der Waals surface area contributed by atoms with Crippen molar-refractivity contribution in [2.45, 2.75) is 51.6 Å². The van der Waals surface area contributed by atoms with E-state index in [1.54, 1.807) is 0 Å². The normalized spacial score (nSPS) is 23.1. The highest BCUT2D eigenvalue weighted by molar-refractivity contribution is 5.78. The molecule has 26 heavy (non-hydrogen) atoms. The third-order valence-corrected chi connectivity index (χ3v) is 5.97. The van der Waals surface area contributed by atoms with Crippen LogP contribution in [-0.2, 0) is 11.3 Å². The van der Waals surface area contributed by atoms with Gasteiger partial charge in [-0.2, -0.15) is 0 Å². The second-order valence-corrected chi connectivity index (χ2v) is 7.96. The Hall–Kier alpha value is -1.46. The second-order valence-electron chi connectivity index (χ2n) is 7.96. The Morgan fingerprint density at radius 2 is 1.92 bits per heavy atom. The molecule has 144 valence electrons. The van der Waals surface area contributed by atoms with Gasteiger partial charge in [-0.05, 0) is 69.4 Å². The lowest BCUT2D eigenvalue weighted by Gasteiger charge is -2.42. The Kier molecular flexibility index (Phi) is 7.03.